The molecule has 2 heterocycles. The van der Waals surface area contributed by atoms with Gasteiger partial charge in [-0.3, -0.25) is 14.6 Å². The minimum atomic E-state index is -0.209. The van der Waals surface area contributed by atoms with Crippen LogP contribution in [0.15, 0.2) is 67.0 Å². The molecule has 0 bridgehead atoms. The monoisotopic (exact) mass is 453 g/mol. The van der Waals surface area contributed by atoms with Crippen molar-refractivity contribution in [3.8, 4) is 11.4 Å². The van der Waals surface area contributed by atoms with Gasteiger partial charge in [0.15, 0.2) is 0 Å². The van der Waals surface area contributed by atoms with E-state index in [1.54, 1.807) is 18.3 Å². The number of hydrogen-bond acceptors (Lipinski definition) is 4. The van der Waals surface area contributed by atoms with Crippen molar-refractivity contribution in [2.45, 2.75) is 44.6 Å². The van der Waals surface area contributed by atoms with E-state index in [2.05, 4.69) is 20.6 Å². The van der Waals surface area contributed by atoms with Crippen LogP contribution in [0.25, 0.3) is 22.4 Å². The van der Waals surface area contributed by atoms with Gasteiger partial charge in [0.2, 0.25) is 0 Å². The molecule has 2 amide bonds. The smallest absolute Gasteiger partial charge is 0.257 e. The number of benzene rings is 2. The second-order valence-electron chi connectivity index (χ2n) is 8.75. The van der Waals surface area contributed by atoms with Crippen molar-refractivity contribution in [1.82, 2.24) is 20.3 Å². The Hall–Kier alpha value is -4.00. The van der Waals surface area contributed by atoms with E-state index in [0.29, 0.717) is 22.6 Å². The van der Waals surface area contributed by atoms with Gasteiger partial charge in [0.25, 0.3) is 11.8 Å². The van der Waals surface area contributed by atoms with Gasteiger partial charge in [0.05, 0.1) is 16.6 Å². The van der Waals surface area contributed by atoms with Crippen LogP contribution < -0.4 is 10.6 Å². The number of aromatic amines is 1. The van der Waals surface area contributed by atoms with Gasteiger partial charge in [-0.2, -0.15) is 0 Å². The van der Waals surface area contributed by atoms with Crippen molar-refractivity contribution >= 4 is 28.5 Å². The lowest BCUT2D eigenvalue weighted by Crippen LogP contribution is -2.34. The number of imidazole rings is 1. The van der Waals surface area contributed by atoms with Crippen LogP contribution in [0.4, 0.5) is 5.69 Å². The third-order valence-corrected chi connectivity index (χ3v) is 6.28. The Morgan fingerprint density at radius 2 is 1.68 bits per heavy atom. The molecule has 1 fully saturated rings. The molecular formula is C27H27N5O2. The average molecular weight is 454 g/mol. The first-order valence-electron chi connectivity index (χ1n) is 11.8. The molecule has 4 aromatic rings. The molecule has 1 aliphatic rings. The number of nitrogens with zero attached hydrogens (tertiary/aromatic N) is 2. The standard InChI is InChI=1S/C27H27N5O2/c33-26(29-21-7-3-1-2-4-8-21)19-11-14-23-24(16-19)32-25(31-23)18-9-12-22(13-10-18)30-27(34)20-6-5-15-28-17-20/h5-6,9-17,21H,1-4,7-8H2,(H,29,33)(H,30,34)(H,31,32). The minimum absolute atomic E-state index is 0.0351. The van der Waals surface area contributed by atoms with E-state index in [4.69, 9.17) is 4.98 Å². The summed E-state index contributed by atoms with van der Waals surface area (Å²) in [6.45, 7) is 0. The second-order valence-corrected chi connectivity index (χ2v) is 8.75. The summed E-state index contributed by atoms with van der Waals surface area (Å²) in [7, 11) is 0. The van der Waals surface area contributed by atoms with Gasteiger partial charge >= 0.3 is 0 Å². The molecule has 0 atom stereocenters. The highest BCUT2D eigenvalue weighted by Gasteiger charge is 2.17. The van der Waals surface area contributed by atoms with E-state index >= 15 is 0 Å². The number of anilines is 1. The normalized spacial score (nSPS) is 14.5. The Morgan fingerprint density at radius 1 is 0.882 bits per heavy atom. The molecule has 0 unspecified atom stereocenters. The highest BCUT2D eigenvalue weighted by atomic mass is 16.2. The molecule has 0 saturated heterocycles. The van der Waals surface area contributed by atoms with E-state index < -0.39 is 0 Å². The fourth-order valence-corrected chi connectivity index (χ4v) is 4.39. The predicted molar refractivity (Wildman–Crippen MR) is 133 cm³/mol. The third-order valence-electron chi connectivity index (χ3n) is 6.28. The molecule has 5 rings (SSSR count). The number of amides is 2. The molecular weight excluding hydrogens is 426 g/mol. The largest absolute Gasteiger partial charge is 0.349 e. The Kier molecular flexibility index (Phi) is 6.33. The van der Waals surface area contributed by atoms with Gasteiger partial charge < -0.3 is 15.6 Å². The molecule has 172 valence electrons. The van der Waals surface area contributed by atoms with Gasteiger partial charge in [-0.25, -0.2) is 4.98 Å². The van der Waals surface area contributed by atoms with Gasteiger partial charge in [-0.15, -0.1) is 0 Å². The topological polar surface area (TPSA) is 99.8 Å². The Bertz CT molecular complexity index is 1290. The van der Waals surface area contributed by atoms with Crippen LogP contribution >= 0.6 is 0 Å². The van der Waals surface area contributed by atoms with E-state index in [-0.39, 0.29) is 17.9 Å². The summed E-state index contributed by atoms with van der Waals surface area (Å²) < 4.78 is 0. The van der Waals surface area contributed by atoms with Crippen molar-refractivity contribution < 1.29 is 9.59 Å². The second kappa shape index (κ2) is 9.87. The summed E-state index contributed by atoms with van der Waals surface area (Å²) >= 11 is 0. The molecule has 0 spiro atoms. The number of hydrogen-bond donors (Lipinski definition) is 3. The number of aromatic nitrogens is 3. The summed E-state index contributed by atoms with van der Waals surface area (Å²) in [5.74, 6) is 0.466. The van der Waals surface area contributed by atoms with Crippen LogP contribution in [0.3, 0.4) is 0 Å². The zero-order valence-electron chi connectivity index (χ0n) is 18.9. The number of fused-ring (bicyclic) bond motifs is 1. The third kappa shape index (κ3) is 4.98. The minimum Gasteiger partial charge on any atom is -0.349 e. The zero-order chi connectivity index (χ0) is 23.3. The fraction of sp³-hybridized carbons (Fsp3) is 0.259. The maximum atomic E-state index is 12.8. The SMILES string of the molecule is O=C(Nc1ccc(-c2nc3cc(C(=O)NC4CCCCCC4)ccc3[nH]2)cc1)c1cccnc1. The zero-order valence-corrected chi connectivity index (χ0v) is 18.9. The molecule has 7 heteroatoms. The fourth-order valence-electron chi connectivity index (χ4n) is 4.39. The Balaban J connectivity index is 1.28. The molecule has 3 N–H and O–H groups in total. The molecule has 0 radical (unpaired) electrons. The number of pyridine rings is 1. The van der Waals surface area contributed by atoms with Crippen LogP contribution in [-0.4, -0.2) is 32.8 Å². The predicted octanol–water partition coefficient (Wildman–Crippen LogP) is 5.33. The molecule has 34 heavy (non-hydrogen) atoms. The first-order chi connectivity index (χ1) is 16.7. The summed E-state index contributed by atoms with van der Waals surface area (Å²) in [6.07, 6.45) is 10.1. The van der Waals surface area contributed by atoms with Gasteiger partial charge in [-0.05, 0) is 67.4 Å². The number of carbonyl (C=O) groups excluding carboxylic acids is 2. The Morgan fingerprint density at radius 3 is 2.41 bits per heavy atom. The first kappa shape index (κ1) is 21.8. The van der Waals surface area contributed by atoms with E-state index in [0.717, 1.165) is 29.4 Å². The van der Waals surface area contributed by atoms with Gasteiger partial charge in [0.1, 0.15) is 5.82 Å². The first-order valence-corrected chi connectivity index (χ1v) is 11.8. The maximum Gasteiger partial charge on any atom is 0.257 e. The van der Waals surface area contributed by atoms with Crippen molar-refractivity contribution in [1.29, 1.82) is 0 Å². The molecule has 2 aromatic carbocycles. The number of H-pyrrole nitrogens is 1. The van der Waals surface area contributed by atoms with E-state index in [9.17, 15) is 9.59 Å². The quantitative estimate of drug-likeness (QED) is 0.356. The summed E-state index contributed by atoms with van der Waals surface area (Å²) in [5, 5.41) is 6.06. The number of rotatable bonds is 5. The summed E-state index contributed by atoms with van der Waals surface area (Å²) in [4.78, 5) is 37.1. The van der Waals surface area contributed by atoms with Crippen molar-refractivity contribution in [2.24, 2.45) is 0 Å². The van der Waals surface area contributed by atoms with E-state index in [1.807, 2.05) is 42.5 Å². The van der Waals surface area contributed by atoms with Crippen LogP contribution in [0.5, 0.6) is 0 Å². The highest BCUT2D eigenvalue weighted by molar-refractivity contribution is 6.04. The summed E-state index contributed by atoms with van der Waals surface area (Å²) in [5.41, 5.74) is 4.32. The number of carbonyl (C=O) groups is 2. The van der Waals surface area contributed by atoms with Gasteiger partial charge in [0, 0.05) is 35.2 Å². The van der Waals surface area contributed by atoms with Crippen molar-refractivity contribution in [3.63, 3.8) is 0 Å². The molecule has 1 aliphatic carbocycles. The van der Waals surface area contributed by atoms with Gasteiger partial charge in [-0.1, -0.05) is 25.7 Å². The van der Waals surface area contributed by atoms with Crippen molar-refractivity contribution in [3.05, 3.63) is 78.1 Å². The van der Waals surface area contributed by atoms with E-state index in [1.165, 1.54) is 31.9 Å². The maximum absolute atomic E-state index is 12.8. The van der Waals surface area contributed by atoms with Crippen LogP contribution in [0, 0.1) is 0 Å². The molecule has 0 aliphatic heterocycles. The lowest BCUT2D eigenvalue weighted by molar-refractivity contribution is 0.0932. The average Bonchev–Trinajstić information content (AvgIpc) is 3.13. The molecule has 2 aromatic heterocycles. The van der Waals surface area contributed by atoms with Crippen LogP contribution in [0.2, 0.25) is 0 Å². The lowest BCUT2D eigenvalue weighted by Gasteiger charge is -2.16. The summed E-state index contributed by atoms with van der Waals surface area (Å²) in [6, 6.07) is 16.8. The molecule has 7 nitrogen and oxygen atoms in total. The van der Waals surface area contributed by atoms with Crippen molar-refractivity contribution in [2.75, 3.05) is 5.32 Å². The lowest BCUT2D eigenvalue weighted by atomic mass is 10.1. The Labute approximate surface area is 198 Å². The number of nitrogens with one attached hydrogen (secondary N) is 3. The van der Waals surface area contributed by atoms with Crippen LogP contribution in [0.1, 0.15) is 59.2 Å². The molecule has 1 saturated carbocycles. The highest BCUT2D eigenvalue weighted by Crippen LogP contribution is 2.24. The van der Waals surface area contributed by atoms with Crippen LogP contribution in [-0.2, 0) is 0 Å².